The van der Waals surface area contributed by atoms with E-state index in [1.807, 2.05) is 6.92 Å². The van der Waals surface area contributed by atoms with Crippen molar-refractivity contribution in [1.29, 1.82) is 0 Å². The standard InChI is InChI=1S/C22H20F3NO5/c1-12-3-5-15(6-4-12)19(28)17-18(26-20(29)21(17,30)11-13(2)27)14-7-9-16(10-8-14)31-22(23,24)25/h3-10,13,27,30H,11H2,1-2H3,(H,26,29). The maximum Gasteiger partial charge on any atom is 0.573 e. The molecule has 1 amide bonds. The Balaban J connectivity index is 2.11. The molecular weight excluding hydrogens is 415 g/mol. The Morgan fingerprint density at radius 1 is 1.13 bits per heavy atom. The lowest BCUT2D eigenvalue weighted by atomic mass is 9.83. The summed E-state index contributed by atoms with van der Waals surface area (Å²) in [5.41, 5.74) is -1.35. The molecule has 1 heterocycles. The van der Waals surface area contributed by atoms with Crippen LogP contribution in [0.25, 0.3) is 5.70 Å². The zero-order valence-electron chi connectivity index (χ0n) is 16.7. The number of hydrogen-bond acceptors (Lipinski definition) is 5. The maximum atomic E-state index is 13.3. The molecule has 0 aromatic heterocycles. The monoisotopic (exact) mass is 435 g/mol. The molecule has 0 saturated heterocycles. The topological polar surface area (TPSA) is 95.9 Å². The first kappa shape index (κ1) is 22.5. The molecule has 31 heavy (non-hydrogen) atoms. The van der Waals surface area contributed by atoms with Gasteiger partial charge in [-0.1, -0.05) is 29.8 Å². The highest BCUT2D eigenvalue weighted by molar-refractivity contribution is 6.22. The Bertz CT molecular complexity index is 1030. The number of carbonyl (C=O) groups is 2. The van der Waals surface area contributed by atoms with E-state index in [9.17, 15) is 33.0 Å². The van der Waals surface area contributed by atoms with Crippen molar-refractivity contribution in [3.63, 3.8) is 0 Å². The molecule has 1 aliphatic heterocycles. The average Bonchev–Trinajstić information content (AvgIpc) is 2.91. The van der Waals surface area contributed by atoms with Gasteiger partial charge in [-0.2, -0.15) is 0 Å². The zero-order valence-corrected chi connectivity index (χ0v) is 16.7. The third-order valence-electron chi connectivity index (χ3n) is 4.79. The minimum Gasteiger partial charge on any atom is -0.406 e. The molecule has 2 unspecified atom stereocenters. The average molecular weight is 435 g/mol. The summed E-state index contributed by atoms with van der Waals surface area (Å²) in [4.78, 5) is 25.9. The second-order valence-electron chi connectivity index (χ2n) is 7.38. The molecule has 2 atom stereocenters. The zero-order chi connectivity index (χ0) is 23.0. The maximum absolute atomic E-state index is 13.3. The van der Waals surface area contributed by atoms with Crippen molar-refractivity contribution in [3.8, 4) is 5.75 Å². The quantitative estimate of drug-likeness (QED) is 0.606. The van der Waals surface area contributed by atoms with E-state index >= 15 is 0 Å². The minimum absolute atomic E-state index is 0.0442. The molecule has 0 saturated carbocycles. The molecule has 3 N–H and O–H groups in total. The van der Waals surface area contributed by atoms with Crippen molar-refractivity contribution in [2.45, 2.75) is 38.3 Å². The van der Waals surface area contributed by atoms with Crippen LogP contribution in [0.2, 0.25) is 0 Å². The van der Waals surface area contributed by atoms with Gasteiger partial charge in [-0.05, 0) is 43.7 Å². The summed E-state index contributed by atoms with van der Waals surface area (Å²) >= 11 is 0. The number of benzene rings is 2. The Morgan fingerprint density at radius 2 is 1.71 bits per heavy atom. The molecule has 0 fully saturated rings. The van der Waals surface area contributed by atoms with Gasteiger partial charge in [-0.3, -0.25) is 9.59 Å². The summed E-state index contributed by atoms with van der Waals surface area (Å²) in [5, 5.41) is 23.3. The molecule has 0 radical (unpaired) electrons. The lowest BCUT2D eigenvalue weighted by Crippen LogP contribution is -2.45. The van der Waals surface area contributed by atoms with Gasteiger partial charge < -0.3 is 20.3 Å². The van der Waals surface area contributed by atoms with Crippen molar-refractivity contribution >= 4 is 17.4 Å². The van der Waals surface area contributed by atoms with Crippen LogP contribution in [0.3, 0.4) is 0 Å². The predicted octanol–water partition coefficient (Wildman–Crippen LogP) is 3.12. The van der Waals surface area contributed by atoms with Crippen molar-refractivity contribution in [2.75, 3.05) is 0 Å². The summed E-state index contributed by atoms with van der Waals surface area (Å²) < 4.78 is 41.1. The Labute approximate surface area is 176 Å². The van der Waals surface area contributed by atoms with Crippen molar-refractivity contribution in [2.24, 2.45) is 0 Å². The molecule has 1 aliphatic rings. The predicted molar refractivity (Wildman–Crippen MR) is 105 cm³/mol. The van der Waals surface area contributed by atoms with Crippen LogP contribution in [0.1, 0.15) is 34.8 Å². The van der Waals surface area contributed by atoms with E-state index in [0.29, 0.717) is 0 Å². The van der Waals surface area contributed by atoms with E-state index in [2.05, 4.69) is 10.1 Å². The second kappa shape index (κ2) is 8.16. The van der Waals surface area contributed by atoms with Crippen LogP contribution >= 0.6 is 0 Å². The normalized spacial score (nSPS) is 19.9. The Kier molecular flexibility index (Phi) is 5.93. The summed E-state index contributed by atoms with van der Waals surface area (Å²) in [6.07, 6.45) is -6.42. The summed E-state index contributed by atoms with van der Waals surface area (Å²) in [6, 6.07) is 11.0. The van der Waals surface area contributed by atoms with Gasteiger partial charge in [0.15, 0.2) is 11.4 Å². The SMILES string of the molecule is Cc1ccc(C(=O)C2=C(c3ccc(OC(F)(F)F)cc3)NC(=O)C2(O)CC(C)O)cc1. The number of amides is 1. The molecule has 0 spiro atoms. The number of Topliss-reactive ketones (excluding diaryl/α,β-unsaturated/α-hetero) is 1. The molecule has 3 rings (SSSR count). The molecule has 2 aromatic rings. The smallest absolute Gasteiger partial charge is 0.406 e. The number of rotatable bonds is 6. The van der Waals surface area contributed by atoms with Crippen LogP contribution in [0.15, 0.2) is 54.1 Å². The van der Waals surface area contributed by atoms with Crippen molar-refractivity contribution in [1.82, 2.24) is 5.32 Å². The molecule has 0 bridgehead atoms. The third kappa shape index (κ3) is 4.78. The first-order chi connectivity index (χ1) is 14.4. The number of aliphatic hydroxyl groups excluding tert-OH is 1. The number of nitrogens with one attached hydrogen (secondary N) is 1. The van der Waals surface area contributed by atoms with Gasteiger partial charge >= 0.3 is 6.36 Å². The molecule has 9 heteroatoms. The summed E-state index contributed by atoms with van der Waals surface area (Å²) in [5.74, 6) is -2.03. The second-order valence-corrected chi connectivity index (χ2v) is 7.38. The fraction of sp³-hybridized carbons (Fsp3) is 0.273. The van der Waals surface area contributed by atoms with Gasteiger partial charge in [0.25, 0.3) is 5.91 Å². The van der Waals surface area contributed by atoms with E-state index in [1.165, 1.54) is 31.2 Å². The van der Waals surface area contributed by atoms with Gasteiger partial charge in [0.05, 0.1) is 17.4 Å². The van der Waals surface area contributed by atoms with E-state index < -0.39 is 41.9 Å². The number of halogens is 3. The van der Waals surface area contributed by atoms with Crippen LogP contribution < -0.4 is 10.1 Å². The number of aryl methyl sites for hydroxylation is 1. The summed E-state index contributed by atoms with van der Waals surface area (Å²) in [6.45, 7) is 3.19. The molecule has 164 valence electrons. The largest absolute Gasteiger partial charge is 0.573 e. The molecule has 6 nitrogen and oxygen atoms in total. The first-order valence-electron chi connectivity index (χ1n) is 9.35. The highest BCUT2D eigenvalue weighted by atomic mass is 19.4. The van der Waals surface area contributed by atoms with Crippen LogP contribution in [0.4, 0.5) is 13.2 Å². The molecule has 0 aliphatic carbocycles. The van der Waals surface area contributed by atoms with E-state index in [1.54, 1.807) is 12.1 Å². The number of hydrogen-bond donors (Lipinski definition) is 3. The number of ether oxygens (including phenoxy) is 1. The van der Waals surface area contributed by atoms with Crippen LogP contribution in [-0.2, 0) is 4.79 Å². The third-order valence-corrected chi connectivity index (χ3v) is 4.79. The molecule has 2 aromatic carbocycles. The van der Waals surface area contributed by atoms with Gasteiger partial charge in [0.1, 0.15) is 5.75 Å². The Hall–Kier alpha value is -3.17. The fourth-order valence-electron chi connectivity index (χ4n) is 3.41. The van der Waals surface area contributed by atoms with Gasteiger partial charge in [-0.15, -0.1) is 13.2 Å². The van der Waals surface area contributed by atoms with Crippen molar-refractivity contribution in [3.05, 3.63) is 70.8 Å². The number of carbonyl (C=O) groups excluding carboxylic acids is 2. The minimum atomic E-state index is -4.87. The van der Waals surface area contributed by atoms with Gasteiger partial charge in [0, 0.05) is 12.0 Å². The van der Waals surface area contributed by atoms with E-state index in [0.717, 1.165) is 17.7 Å². The summed E-state index contributed by atoms with van der Waals surface area (Å²) in [7, 11) is 0. The fourth-order valence-corrected chi connectivity index (χ4v) is 3.41. The molecular formula is C22H20F3NO5. The van der Waals surface area contributed by atoms with Gasteiger partial charge in [-0.25, -0.2) is 0 Å². The number of alkyl halides is 3. The lowest BCUT2D eigenvalue weighted by Gasteiger charge is -2.24. The number of ketones is 1. The highest BCUT2D eigenvalue weighted by Crippen LogP contribution is 2.38. The van der Waals surface area contributed by atoms with E-state index in [4.69, 9.17) is 0 Å². The van der Waals surface area contributed by atoms with Crippen LogP contribution in [-0.4, -0.2) is 40.0 Å². The van der Waals surface area contributed by atoms with Crippen molar-refractivity contribution < 1.29 is 37.7 Å². The Morgan fingerprint density at radius 3 is 2.23 bits per heavy atom. The van der Waals surface area contributed by atoms with E-state index in [-0.39, 0.29) is 22.4 Å². The van der Waals surface area contributed by atoms with Crippen LogP contribution in [0, 0.1) is 6.92 Å². The van der Waals surface area contributed by atoms with Crippen LogP contribution in [0.5, 0.6) is 5.75 Å². The van der Waals surface area contributed by atoms with Gasteiger partial charge in [0.2, 0.25) is 0 Å². The number of aliphatic hydroxyl groups is 2. The highest BCUT2D eigenvalue weighted by Gasteiger charge is 2.51. The first-order valence-corrected chi connectivity index (χ1v) is 9.35. The lowest BCUT2D eigenvalue weighted by molar-refractivity contribution is -0.274.